The van der Waals surface area contributed by atoms with Crippen molar-refractivity contribution in [1.82, 2.24) is 0 Å². The summed E-state index contributed by atoms with van der Waals surface area (Å²) in [7, 11) is 0. The molecule has 2 aromatic rings. The Hall–Kier alpha value is -1.80. The van der Waals surface area contributed by atoms with Gasteiger partial charge in [-0.1, -0.05) is 49.7 Å². The van der Waals surface area contributed by atoms with Crippen LogP contribution in [0.1, 0.15) is 36.5 Å². The van der Waals surface area contributed by atoms with Crippen molar-refractivity contribution in [2.75, 3.05) is 6.61 Å². The fourth-order valence-corrected chi connectivity index (χ4v) is 2.11. The van der Waals surface area contributed by atoms with E-state index in [9.17, 15) is 0 Å². The van der Waals surface area contributed by atoms with Crippen molar-refractivity contribution in [2.45, 2.75) is 32.7 Å². The zero-order valence-corrected chi connectivity index (χ0v) is 12.1. The fourth-order valence-electron chi connectivity index (χ4n) is 2.11. The van der Waals surface area contributed by atoms with Gasteiger partial charge in [0.05, 0.1) is 6.61 Å². The predicted octanol–water partition coefficient (Wildman–Crippen LogP) is 3.92. The van der Waals surface area contributed by atoms with Crippen LogP contribution < -0.4 is 10.5 Å². The lowest BCUT2D eigenvalue weighted by atomic mass is 10.0. The zero-order valence-electron chi connectivity index (χ0n) is 12.1. The van der Waals surface area contributed by atoms with Gasteiger partial charge >= 0.3 is 0 Å². The van der Waals surface area contributed by atoms with Crippen LogP contribution in [0.15, 0.2) is 48.5 Å². The second kappa shape index (κ2) is 7.71. The average Bonchev–Trinajstić information content (AvgIpc) is 2.49. The van der Waals surface area contributed by atoms with Crippen molar-refractivity contribution in [1.29, 1.82) is 0 Å². The minimum Gasteiger partial charge on any atom is -0.494 e. The van der Waals surface area contributed by atoms with Crippen LogP contribution >= 0.6 is 0 Å². The van der Waals surface area contributed by atoms with Gasteiger partial charge in [-0.25, -0.2) is 0 Å². The van der Waals surface area contributed by atoms with Crippen molar-refractivity contribution >= 4 is 0 Å². The number of benzene rings is 2. The third-order valence-electron chi connectivity index (χ3n) is 3.33. The van der Waals surface area contributed by atoms with Crippen LogP contribution in [-0.2, 0) is 13.0 Å². The van der Waals surface area contributed by atoms with E-state index in [4.69, 9.17) is 10.5 Å². The average molecular weight is 269 g/mol. The highest BCUT2D eigenvalue weighted by Crippen LogP contribution is 2.17. The topological polar surface area (TPSA) is 35.2 Å². The van der Waals surface area contributed by atoms with E-state index in [2.05, 4.69) is 49.4 Å². The monoisotopic (exact) mass is 269 g/mol. The Morgan fingerprint density at radius 3 is 2.40 bits per heavy atom. The first-order valence-electron chi connectivity index (χ1n) is 7.31. The van der Waals surface area contributed by atoms with Gasteiger partial charge in [0.2, 0.25) is 0 Å². The number of rotatable bonds is 7. The quantitative estimate of drug-likeness (QED) is 0.773. The third-order valence-corrected chi connectivity index (χ3v) is 3.33. The van der Waals surface area contributed by atoms with E-state index in [-0.39, 0.29) is 0 Å². The van der Waals surface area contributed by atoms with E-state index >= 15 is 0 Å². The Morgan fingerprint density at radius 1 is 0.950 bits per heavy atom. The molecule has 0 radical (unpaired) electrons. The lowest BCUT2D eigenvalue weighted by molar-refractivity contribution is 0.309. The highest BCUT2D eigenvalue weighted by Gasteiger charge is 2.00. The van der Waals surface area contributed by atoms with Gasteiger partial charge in [-0.3, -0.25) is 0 Å². The van der Waals surface area contributed by atoms with E-state index in [0.717, 1.165) is 31.6 Å². The zero-order chi connectivity index (χ0) is 14.2. The van der Waals surface area contributed by atoms with Gasteiger partial charge in [-0.2, -0.15) is 0 Å². The summed E-state index contributed by atoms with van der Waals surface area (Å²) >= 11 is 0. The molecule has 0 heterocycles. The van der Waals surface area contributed by atoms with Gasteiger partial charge in [-0.05, 0) is 41.7 Å². The van der Waals surface area contributed by atoms with Gasteiger partial charge in [0, 0.05) is 6.54 Å². The predicted molar refractivity (Wildman–Crippen MR) is 84.0 cm³/mol. The summed E-state index contributed by atoms with van der Waals surface area (Å²) in [5.74, 6) is 0.967. The van der Waals surface area contributed by atoms with E-state index in [1.165, 1.54) is 16.7 Å². The number of hydrogen-bond donors (Lipinski definition) is 1. The highest BCUT2D eigenvalue weighted by atomic mass is 16.5. The Labute approximate surface area is 121 Å². The van der Waals surface area contributed by atoms with E-state index in [0.29, 0.717) is 6.54 Å². The fraction of sp³-hybridized carbons (Fsp3) is 0.333. The molecule has 2 rings (SSSR count). The standard InChI is InChI=1S/C18H23NO/c1-2-3-11-20-18-6-4-5-17(13-18)12-15-7-9-16(14-19)10-8-15/h4-10,13H,2-3,11-12,14,19H2,1H3. The van der Waals surface area contributed by atoms with Crippen molar-refractivity contribution in [2.24, 2.45) is 5.73 Å². The Morgan fingerprint density at radius 2 is 1.70 bits per heavy atom. The maximum absolute atomic E-state index is 5.74. The molecule has 0 amide bonds. The summed E-state index contributed by atoms with van der Waals surface area (Å²) in [5.41, 5.74) is 9.36. The van der Waals surface area contributed by atoms with Crippen molar-refractivity contribution in [3.05, 3.63) is 65.2 Å². The van der Waals surface area contributed by atoms with Crippen LogP contribution in [0.4, 0.5) is 0 Å². The molecule has 0 unspecified atom stereocenters. The first-order chi connectivity index (χ1) is 9.81. The molecule has 2 aromatic carbocycles. The van der Waals surface area contributed by atoms with Crippen LogP contribution in [0, 0.1) is 0 Å². The van der Waals surface area contributed by atoms with Crippen LogP contribution in [0.25, 0.3) is 0 Å². The molecular formula is C18H23NO. The number of ether oxygens (including phenoxy) is 1. The summed E-state index contributed by atoms with van der Waals surface area (Å²) in [4.78, 5) is 0. The minimum atomic E-state index is 0.598. The molecule has 2 N–H and O–H groups in total. The van der Waals surface area contributed by atoms with E-state index in [1.807, 2.05) is 6.07 Å². The van der Waals surface area contributed by atoms with Gasteiger partial charge in [0.15, 0.2) is 0 Å². The second-order valence-electron chi connectivity index (χ2n) is 5.05. The summed E-state index contributed by atoms with van der Waals surface area (Å²) < 4.78 is 5.74. The molecule has 0 aliphatic heterocycles. The van der Waals surface area contributed by atoms with Gasteiger partial charge in [-0.15, -0.1) is 0 Å². The molecule has 0 atom stereocenters. The SMILES string of the molecule is CCCCOc1cccc(Cc2ccc(CN)cc2)c1. The number of unbranched alkanes of at least 4 members (excludes halogenated alkanes) is 1. The molecular weight excluding hydrogens is 246 g/mol. The lowest BCUT2D eigenvalue weighted by Gasteiger charge is -2.08. The molecule has 2 heteroatoms. The first-order valence-corrected chi connectivity index (χ1v) is 7.31. The molecule has 0 aliphatic carbocycles. The summed E-state index contributed by atoms with van der Waals surface area (Å²) in [6.45, 7) is 3.57. The first kappa shape index (κ1) is 14.6. The summed E-state index contributed by atoms with van der Waals surface area (Å²) in [5, 5.41) is 0. The van der Waals surface area contributed by atoms with Crippen LogP contribution in [0.2, 0.25) is 0 Å². The van der Waals surface area contributed by atoms with Gasteiger partial charge in [0.25, 0.3) is 0 Å². The summed E-state index contributed by atoms with van der Waals surface area (Å²) in [6.07, 6.45) is 3.19. The normalized spacial score (nSPS) is 10.5. The number of hydrogen-bond acceptors (Lipinski definition) is 2. The van der Waals surface area contributed by atoms with Crippen molar-refractivity contribution in [3.63, 3.8) is 0 Å². The van der Waals surface area contributed by atoms with Crippen LogP contribution in [-0.4, -0.2) is 6.61 Å². The van der Waals surface area contributed by atoms with Gasteiger partial charge in [0.1, 0.15) is 5.75 Å². The van der Waals surface area contributed by atoms with Crippen LogP contribution in [0.5, 0.6) is 5.75 Å². The molecule has 0 aliphatic rings. The molecule has 0 aromatic heterocycles. The molecule has 106 valence electrons. The Bertz CT molecular complexity index is 519. The van der Waals surface area contributed by atoms with Crippen LogP contribution in [0.3, 0.4) is 0 Å². The summed E-state index contributed by atoms with van der Waals surface area (Å²) in [6, 6.07) is 16.8. The third kappa shape index (κ3) is 4.39. The molecule has 0 bridgehead atoms. The minimum absolute atomic E-state index is 0.598. The largest absolute Gasteiger partial charge is 0.494 e. The molecule has 2 nitrogen and oxygen atoms in total. The lowest BCUT2D eigenvalue weighted by Crippen LogP contribution is -1.98. The van der Waals surface area contributed by atoms with Crippen molar-refractivity contribution < 1.29 is 4.74 Å². The van der Waals surface area contributed by atoms with Crippen molar-refractivity contribution in [3.8, 4) is 5.75 Å². The Kier molecular flexibility index (Phi) is 5.63. The van der Waals surface area contributed by atoms with Gasteiger partial charge < -0.3 is 10.5 Å². The molecule has 0 saturated heterocycles. The van der Waals surface area contributed by atoms with E-state index < -0.39 is 0 Å². The second-order valence-corrected chi connectivity index (χ2v) is 5.05. The molecule has 0 spiro atoms. The molecule has 0 saturated carbocycles. The Balaban J connectivity index is 1.99. The molecule has 20 heavy (non-hydrogen) atoms. The van der Waals surface area contributed by atoms with E-state index in [1.54, 1.807) is 0 Å². The smallest absolute Gasteiger partial charge is 0.119 e. The maximum atomic E-state index is 5.74. The molecule has 0 fully saturated rings. The maximum Gasteiger partial charge on any atom is 0.119 e. The highest BCUT2D eigenvalue weighted by molar-refractivity contribution is 5.33. The number of nitrogens with two attached hydrogens (primary N) is 1.